The SMILES string of the molecule is CC(C)CCC(=O)NCC(=O)NC1CC1. The first-order valence-electron chi connectivity index (χ1n) is 5.64. The second-order valence-electron chi connectivity index (χ2n) is 4.55. The van der Waals surface area contributed by atoms with E-state index in [4.69, 9.17) is 0 Å². The summed E-state index contributed by atoms with van der Waals surface area (Å²) >= 11 is 0. The van der Waals surface area contributed by atoms with Gasteiger partial charge in [0.05, 0.1) is 6.54 Å². The summed E-state index contributed by atoms with van der Waals surface area (Å²) in [6.07, 6.45) is 3.53. The zero-order chi connectivity index (χ0) is 11.3. The van der Waals surface area contributed by atoms with Gasteiger partial charge in [-0.2, -0.15) is 0 Å². The molecule has 4 nitrogen and oxygen atoms in total. The predicted octanol–water partition coefficient (Wildman–Crippen LogP) is 0.817. The van der Waals surface area contributed by atoms with Crippen LogP contribution in [0.2, 0.25) is 0 Å². The van der Waals surface area contributed by atoms with Crippen molar-refractivity contribution >= 4 is 11.8 Å². The summed E-state index contributed by atoms with van der Waals surface area (Å²) in [6, 6.07) is 0.366. The third-order valence-corrected chi connectivity index (χ3v) is 2.34. The standard InChI is InChI=1S/C11H20N2O2/c1-8(2)3-6-10(14)12-7-11(15)13-9-4-5-9/h8-9H,3-7H2,1-2H3,(H,12,14)(H,13,15). The summed E-state index contributed by atoms with van der Waals surface area (Å²) in [5.74, 6) is 0.418. The average Bonchev–Trinajstić information content (AvgIpc) is 2.95. The Labute approximate surface area is 90.8 Å². The molecule has 0 aliphatic heterocycles. The van der Waals surface area contributed by atoms with Crippen LogP contribution < -0.4 is 10.6 Å². The molecular weight excluding hydrogens is 192 g/mol. The van der Waals surface area contributed by atoms with E-state index in [1.807, 2.05) is 0 Å². The molecule has 2 amide bonds. The smallest absolute Gasteiger partial charge is 0.239 e. The van der Waals surface area contributed by atoms with Gasteiger partial charge in [0.15, 0.2) is 0 Å². The lowest BCUT2D eigenvalue weighted by Gasteiger charge is -2.06. The van der Waals surface area contributed by atoms with Crippen molar-refractivity contribution in [3.8, 4) is 0 Å². The zero-order valence-corrected chi connectivity index (χ0v) is 9.51. The second-order valence-corrected chi connectivity index (χ2v) is 4.55. The van der Waals surface area contributed by atoms with Crippen molar-refractivity contribution in [3.63, 3.8) is 0 Å². The van der Waals surface area contributed by atoms with Gasteiger partial charge in [0.2, 0.25) is 11.8 Å². The maximum absolute atomic E-state index is 11.3. The molecule has 1 rings (SSSR count). The fourth-order valence-corrected chi connectivity index (χ4v) is 1.19. The lowest BCUT2D eigenvalue weighted by Crippen LogP contribution is -2.37. The Kier molecular flexibility index (Phi) is 4.59. The van der Waals surface area contributed by atoms with Gasteiger partial charge in [0.1, 0.15) is 0 Å². The van der Waals surface area contributed by atoms with Crippen molar-refractivity contribution in [2.45, 2.75) is 45.6 Å². The van der Waals surface area contributed by atoms with Gasteiger partial charge < -0.3 is 10.6 Å². The molecule has 1 aliphatic rings. The molecule has 1 saturated carbocycles. The highest BCUT2D eigenvalue weighted by Crippen LogP contribution is 2.18. The minimum Gasteiger partial charge on any atom is -0.352 e. The molecule has 15 heavy (non-hydrogen) atoms. The van der Waals surface area contributed by atoms with Crippen LogP contribution in [-0.4, -0.2) is 24.4 Å². The molecule has 1 fully saturated rings. The monoisotopic (exact) mass is 212 g/mol. The van der Waals surface area contributed by atoms with Crippen LogP contribution in [0.4, 0.5) is 0 Å². The molecule has 0 heterocycles. The number of hydrogen-bond acceptors (Lipinski definition) is 2. The average molecular weight is 212 g/mol. The molecular formula is C11H20N2O2. The molecule has 2 N–H and O–H groups in total. The summed E-state index contributed by atoms with van der Waals surface area (Å²) < 4.78 is 0. The molecule has 4 heteroatoms. The van der Waals surface area contributed by atoms with Crippen LogP contribution in [0.5, 0.6) is 0 Å². The Bertz CT molecular complexity index is 235. The highest BCUT2D eigenvalue weighted by Gasteiger charge is 2.22. The Hall–Kier alpha value is -1.06. The largest absolute Gasteiger partial charge is 0.352 e. The summed E-state index contributed by atoms with van der Waals surface area (Å²) in [5, 5.41) is 5.44. The Morgan fingerprint density at radius 1 is 1.27 bits per heavy atom. The Balaban J connectivity index is 2.02. The van der Waals surface area contributed by atoms with Gasteiger partial charge in [-0.3, -0.25) is 9.59 Å². The van der Waals surface area contributed by atoms with Crippen LogP contribution in [-0.2, 0) is 9.59 Å². The van der Waals surface area contributed by atoms with E-state index < -0.39 is 0 Å². The van der Waals surface area contributed by atoms with E-state index in [1.54, 1.807) is 0 Å². The predicted molar refractivity (Wildman–Crippen MR) is 58.2 cm³/mol. The quantitative estimate of drug-likeness (QED) is 0.684. The molecule has 0 aromatic rings. The fourth-order valence-electron chi connectivity index (χ4n) is 1.19. The third-order valence-electron chi connectivity index (χ3n) is 2.34. The van der Waals surface area contributed by atoms with E-state index >= 15 is 0 Å². The first kappa shape index (κ1) is 12.0. The normalized spacial score (nSPS) is 15.1. The number of carbonyl (C=O) groups is 2. The van der Waals surface area contributed by atoms with Gasteiger partial charge >= 0.3 is 0 Å². The molecule has 0 unspecified atom stereocenters. The van der Waals surface area contributed by atoms with Gasteiger partial charge in [0, 0.05) is 12.5 Å². The topological polar surface area (TPSA) is 58.2 Å². The van der Waals surface area contributed by atoms with Crippen LogP contribution in [0.15, 0.2) is 0 Å². The van der Waals surface area contributed by atoms with E-state index in [-0.39, 0.29) is 18.4 Å². The molecule has 0 aromatic carbocycles. The minimum atomic E-state index is -0.0737. The Morgan fingerprint density at radius 3 is 2.47 bits per heavy atom. The molecule has 0 aromatic heterocycles. The van der Waals surface area contributed by atoms with E-state index in [0.717, 1.165) is 19.3 Å². The first-order valence-corrected chi connectivity index (χ1v) is 5.64. The van der Waals surface area contributed by atoms with Crippen molar-refractivity contribution < 1.29 is 9.59 Å². The van der Waals surface area contributed by atoms with E-state index in [1.165, 1.54) is 0 Å². The highest BCUT2D eigenvalue weighted by atomic mass is 16.2. The third kappa shape index (κ3) is 6.10. The molecule has 0 atom stereocenters. The van der Waals surface area contributed by atoms with Gasteiger partial charge in [-0.1, -0.05) is 13.8 Å². The maximum atomic E-state index is 11.3. The van der Waals surface area contributed by atoms with Crippen molar-refractivity contribution in [3.05, 3.63) is 0 Å². The summed E-state index contributed by atoms with van der Waals surface area (Å²) in [7, 11) is 0. The Morgan fingerprint density at radius 2 is 1.93 bits per heavy atom. The molecule has 0 spiro atoms. The van der Waals surface area contributed by atoms with E-state index in [2.05, 4.69) is 24.5 Å². The molecule has 1 aliphatic carbocycles. The van der Waals surface area contributed by atoms with Gasteiger partial charge in [-0.25, -0.2) is 0 Å². The number of hydrogen-bond donors (Lipinski definition) is 2. The molecule has 0 radical (unpaired) electrons. The fraction of sp³-hybridized carbons (Fsp3) is 0.818. The lowest BCUT2D eigenvalue weighted by atomic mass is 10.1. The summed E-state index contributed by atoms with van der Waals surface area (Å²) in [4.78, 5) is 22.5. The van der Waals surface area contributed by atoms with Crippen LogP contribution in [0.3, 0.4) is 0 Å². The number of carbonyl (C=O) groups excluding carboxylic acids is 2. The maximum Gasteiger partial charge on any atom is 0.239 e. The molecule has 0 saturated heterocycles. The van der Waals surface area contributed by atoms with Crippen LogP contribution in [0.25, 0.3) is 0 Å². The van der Waals surface area contributed by atoms with Crippen LogP contribution >= 0.6 is 0 Å². The minimum absolute atomic E-state index is 0.0327. The number of amides is 2. The molecule has 0 bridgehead atoms. The summed E-state index contributed by atoms with van der Waals surface area (Å²) in [5.41, 5.74) is 0. The van der Waals surface area contributed by atoms with Crippen LogP contribution in [0, 0.1) is 5.92 Å². The van der Waals surface area contributed by atoms with Gasteiger partial charge in [-0.15, -0.1) is 0 Å². The summed E-state index contributed by atoms with van der Waals surface area (Å²) in [6.45, 7) is 4.27. The van der Waals surface area contributed by atoms with Crippen molar-refractivity contribution in [1.82, 2.24) is 10.6 Å². The van der Waals surface area contributed by atoms with Crippen molar-refractivity contribution in [1.29, 1.82) is 0 Å². The van der Waals surface area contributed by atoms with Crippen LogP contribution in [0.1, 0.15) is 39.5 Å². The van der Waals surface area contributed by atoms with Gasteiger partial charge in [-0.05, 0) is 25.2 Å². The highest BCUT2D eigenvalue weighted by molar-refractivity contribution is 5.84. The van der Waals surface area contributed by atoms with E-state index in [0.29, 0.717) is 18.4 Å². The van der Waals surface area contributed by atoms with Crippen molar-refractivity contribution in [2.24, 2.45) is 5.92 Å². The zero-order valence-electron chi connectivity index (χ0n) is 9.51. The lowest BCUT2D eigenvalue weighted by molar-refractivity contribution is -0.126. The van der Waals surface area contributed by atoms with Crippen molar-refractivity contribution in [2.75, 3.05) is 6.54 Å². The van der Waals surface area contributed by atoms with Gasteiger partial charge in [0.25, 0.3) is 0 Å². The number of rotatable bonds is 6. The molecule has 86 valence electrons. The first-order chi connectivity index (χ1) is 7.08. The number of nitrogens with one attached hydrogen (secondary N) is 2. The second kappa shape index (κ2) is 5.73. The van der Waals surface area contributed by atoms with E-state index in [9.17, 15) is 9.59 Å².